The highest BCUT2D eigenvalue weighted by Crippen LogP contribution is 2.10. The van der Waals surface area contributed by atoms with Crippen LogP contribution < -0.4 is 5.32 Å². The number of carbonyl (C=O) groups excluding carboxylic acids is 1. The van der Waals surface area contributed by atoms with Gasteiger partial charge < -0.3 is 14.8 Å². The maximum absolute atomic E-state index is 11.2. The van der Waals surface area contributed by atoms with Gasteiger partial charge in [-0.2, -0.15) is 0 Å². The third-order valence-electron chi connectivity index (χ3n) is 2.54. The quantitative estimate of drug-likeness (QED) is 0.771. The summed E-state index contributed by atoms with van der Waals surface area (Å²) >= 11 is 0. The molecule has 1 N–H and O–H groups in total. The molecule has 0 aromatic carbocycles. The lowest BCUT2D eigenvalue weighted by Gasteiger charge is -2.21. The maximum atomic E-state index is 11.2. The summed E-state index contributed by atoms with van der Waals surface area (Å²) in [6.45, 7) is 4.76. The van der Waals surface area contributed by atoms with Crippen LogP contribution in [0.3, 0.4) is 0 Å². The van der Waals surface area contributed by atoms with E-state index in [0.29, 0.717) is 18.3 Å². The summed E-state index contributed by atoms with van der Waals surface area (Å²) in [6.07, 6.45) is 0. The van der Waals surface area contributed by atoms with Crippen LogP contribution in [0, 0.1) is 5.92 Å². The third kappa shape index (κ3) is 3.96. The summed E-state index contributed by atoms with van der Waals surface area (Å²) < 4.78 is 9.68. The van der Waals surface area contributed by atoms with Crippen molar-refractivity contribution in [2.45, 2.75) is 19.9 Å². The van der Waals surface area contributed by atoms with Gasteiger partial charge in [0.1, 0.15) is 5.82 Å². The van der Waals surface area contributed by atoms with Crippen molar-refractivity contribution in [3.8, 4) is 0 Å². The van der Waals surface area contributed by atoms with E-state index in [-0.39, 0.29) is 11.7 Å². The van der Waals surface area contributed by atoms with Crippen LogP contribution in [0.2, 0.25) is 0 Å². The summed E-state index contributed by atoms with van der Waals surface area (Å²) in [5.74, 6) is 0.511. The minimum absolute atomic E-state index is 0.147. The SMILES string of the molecule is COCC(Nc1ccc(C(=O)OC)nn1)C(C)C. The Morgan fingerprint density at radius 3 is 2.50 bits per heavy atom. The number of anilines is 1. The number of rotatable bonds is 6. The number of aromatic nitrogens is 2. The average Bonchev–Trinajstić information content (AvgIpc) is 2.38. The van der Waals surface area contributed by atoms with Crippen molar-refractivity contribution in [1.82, 2.24) is 10.2 Å². The number of nitrogens with zero attached hydrogens (tertiary/aromatic N) is 2. The first-order valence-electron chi connectivity index (χ1n) is 5.76. The first-order valence-corrected chi connectivity index (χ1v) is 5.76. The van der Waals surface area contributed by atoms with Gasteiger partial charge in [-0.25, -0.2) is 4.79 Å². The Hall–Kier alpha value is -1.69. The molecule has 1 atom stereocenters. The minimum Gasteiger partial charge on any atom is -0.464 e. The van der Waals surface area contributed by atoms with E-state index in [0.717, 1.165) is 0 Å². The van der Waals surface area contributed by atoms with Crippen LogP contribution in [0.15, 0.2) is 12.1 Å². The van der Waals surface area contributed by atoms with Crippen molar-refractivity contribution in [3.63, 3.8) is 0 Å². The van der Waals surface area contributed by atoms with Gasteiger partial charge in [0, 0.05) is 7.11 Å². The lowest BCUT2D eigenvalue weighted by molar-refractivity contribution is 0.0592. The Bertz CT molecular complexity index is 379. The molecule has 1 heterocycles. The van der Waals surface area contributed by atoms with Gasteiger partial charge in [-0.15, -0.1) is 10.2 Å². The molecule has 0 bridgehead atoms. The molecule has 6 heteroatoms. The smallest absolute Gasteiger partial charge is 0.358 e. The Labute approximate surface area is 107 Å². The lowest BCUT2D eigenvalue weighted by Crippen LogP contribution is -2.31. The Morgan fingerprint density at radius 1 is 1.33 bits per heavy atom. The van der Waals surface area contributed by atoms with Gasteiger partial charge in [0.25, 0.3) is 0 Å². The molecule has 18 heavy (non-hydrogen) atoms. The number of nitrogens with one attached hydrogen (secondary N) is 1. The standard InChI is InChI=1S/C12H19N3O3/c1-8(2)10(7-17-3)13-11-6-5-9(14-15-11)12(16)18-4/h5-6,8,10H,7H2,1-4H3,(H,13,15). The van der Waals surface area contributed by atoms with Crippen molar-refractivity contribution in [2.24, 2.45) is 5.92 Å². The first kappa shape index (κ1) is 14.4. The first-order chi connectivity index (χ1) is 8.58. The van der Waals surface area contributed by atoms with Gasteiger partial charge in [-0.05, 0) is 18.1 Å². The number of hydrogen-bond donors (Lipinski definition) is 1. The molecular weight excluding hydrogens is 234 g/mol. The van der Waals surface area contributed by atoms with Crippen LogP contribution in [-0.2, 0) is 9.47 Å². The number of carbonyl (C=O) groups is 1. The van der Waals surface area contributed by atoms with Crippen molar-refractivity contribution >= 4 is 11.8 Å². The molecule has 0 aliphatic carbocycles. The minimum atomic E-state index is -0.494. The second-order valence-electron chi connectivity index (χ2n) is 4.25. The highest BCUT2D eigenvalue weighted by Gasteiger charge is 2.14. The Balaban J connectivity index is 2.70. The molecule has 1 unspecified atom stereocenters. The molecule has 6 nitrogen and oxygen atoms in total. The molecular formula is C12H19N3O3. The highest BCUT2D eigenvalue weighted by molar-refractivity contribution is 5.86. The zero-order valence-corrected chi connectivity index (χ0v) is 11.1. The third-order valence-corrected chi connectivity index (χ3v) is 2.54. The monoisotopic (exact) mass is 253 g/mol. The number of methoxy groups -OCH3 is 2. The van der Waals surface area contributed by atoms with Gasteiger partial charge in [0.15, 0.2) is 5.69 Å². The molecule has 1 rings (SSSR count). The fourth-order valence-corrected chi connectivity index (χ4v) is 1.39. The summed E-state index contributed by atoms with van der Waals surface area (Å²) in [5.41, 5.74) is 0.191. The topological polar surface area (TPSA) is 73.3 Å². The van der Waals surface area contributed by atoms with E-state index in [1.807, 2.05) is 0 Å². The molecule has 0 aliphatic rings. The predicted molar refractivity (Wildman–Crippen MR) is 67.5 cm³/mol. The predicted octanol–water partition coefficient (Wildman–Crippen LogP) is 1.35. The largest absolute Gasteiger partial charge is 0.464 e. The second-order valence-corrected chi connectivity index (χ2v) is 4.25. The van der Waals surface area contributed by atoms with E-state index in [9.17, 15) is 4.79 Å². The molecule has 0 radical (unpaired) electrons. The van der Waals surface area contributed by atoms with Gasteiger partial charge in [-0.3, -0.25) is 0 Å². The lowest BCUT2D eigenvalue weighted by atomic mass is 10.1. The van der Waals surface area contributed by atoms with Crippen molar-refractivity contribution in [1.29, 1.82) is 0 Å². The van der Waals surface area contributed by atoms with Crippen LogP contribution in [0.25, 0.3) is 0 Å². The van der Waals surface area contributed by atoms with Crippen LogP contribution in [0.1, 0.15) is 24.3 Å². The van der Waals surface area contributed by atoms with Crippen molar-refractivity contribution < 1.29 is 14.3 Å². The summed E-state index contributed by atoms with van der Waals surface area (Å²) in [7, 11) is 2.96. The molecule has 1 aromatic rings. The van der Waals surface area contributed by atoms with Crippen molar-refractivity contribution in [2.75, 3.05) is 26.1 Å². The zero-order valence-electron chi connectivity index (χ0n) is 11.1. The normalized spacial score (nSPS) is 12.3. The molecule has 0 amide bonds. The average molecular weight is 253 g/mol. The molecule has 0 spiro atoms. The molecule has 0 saturated carbocycles. The van der Waals surface area contributed by atoms with E-state index >= 15 is 0 Å². The van der Waals surface area contributed by atoms with E-state index in [2.05, 4.69) is 34.1 Å². The number of ether oxygens (including phenoxy) is 2. The Morgan fingerprint density at radius 2 is 2.06 bits per heavy atom. The second kappa shape index (κ2) is 6.90. The number of hydrogen-bond acceptors (Lipinski definition) is 6. The summed E-state index contributed by atoms with van der Waals surface area (Å²) in [4.78, 5) is 11.2. The van der Waals surface area contributed by atoms with E-state index in [1.165, 1.54) is 7.11 Å². The maximum Gasteiger partial charge on any atom is 0.358 e. The van der Waals surface area contributed by atoms with E-state index < -0.39 is 5.97 Å². The molecule has 0 fully saturated rings. The van der Waals surface area contributed by atoms with Crippen LogP contribution in [0.5, 0.6) is 0 Å². The summed E-state index contributed by atoms with van der Waals surface area (Å²) in [6, 6.07) is 3.42. The van der Waals surface area contributed by atoms with Crippen LogP contribution >= 0.6 is 0 Å². The summed E-state index contributed by atoms with van der Waals surface area (Å²) in [5, 5.41) is 10.9. The van der Waals surface area contributed by atoms with E-state index in [4.69, 9.17) is 4.74 Å². The molecule has 0 aliphatic heterocycles. The molecule has 0 saturated heterocycles. The number of esters is 1. The van der Waals surface area contributed by atoms with Gasteiger partial charge >= 0.3 is 5.97 Å². The van der Waals surface area contributed by atoms with Gasteiger partial charge in [0.05, 0.1) is 19.8 Å². The van der Waals surface area contributed by atoms with E-state index in [1.54, 1.807) is 19.2 Å². The van der Waals surface area contributed by atoms with Crippen molar-refractivity contribution in [3.05, 3.63) is 17.8 Å². The molecule has 100 valence electrons. The zero-order chi connectivity index (χ0) is 13.5. The molecule has 1 aromatic heterocycles. The van der Waals surface area contributed by atoms with Crippen LogP contribution in [0.4, 0.5) is 5.82 Å². The van der Waals surface area contributed by atoms with Gasteiger partial charge in [0.2, 0.25) is 0 Å². The highest BCUT2D eigenvalue weighted by atomic mass is 16.5. The fraction of sp³-hybridized carbons (Fsp3) is 0.583. The van der Waals surface area contributed by atoms with Crippen LogP contribution in [-0.4, -0.2) is 43.0 Å². The van der Waals surface area contributed by atoms with Gasteiger partial charge in [-0.1, -0.05) is 13.8 Å². The Kier molecular flexibility index (Phi) is 5.51. The fourth-order valence-electron chi connectivity index (χ4n) is 1.39.